The van der Waals surface area contributed by atoms with Gasteiger partial charge in [-0.2, -0.15) is 0 Å². The van der Waals surface area contributed by atoms with Crippen molar-refractivity contribution < 1.29 is 14.3 Å². The molecule has 0 N–H and O–H groups in total. The van der Waals surface area contributed by atoms with Crippen LogP contribution in [0.2, 0.25) is 0 Å². The number of benzene rings is 1. The molecule has 16 heavy (non-hydrogen) atoms. The highest BCUT2D eigenvalue weighted by atomic mass is 16.7. The van der Waals surface area contributed by atoms with Crippen LogP contribution in [0.15, 0.2) is 42.5 Å². The van der Waals surface area contributed by atoms with E-state index in [1.165, 1.54) is 0 Å². The van der Waals surface area contributed by atoms with Gasteiger partial charge in [0.1, 0.15) is 13.1 Å². The van der Waals surface area contributed by atoms with Crippen LogP contribution in [0.1, 0.15) is 12.0 Å². The summed E-state index contributed by atoms with van der Waals surface area (Å²) >= 11 is 0. The van der Waals surface area contributed by atoms with Gasteiger partial charge in [-0.05, 0) is 5.56 Å². The Bertz CT molecular complexity index is 306. The topological polar surface area (TPSA) is 35.5 Å². The van der Waals surface area contributed by atoms with Crippen LogP contribution in [0, 0.1) is 0 Å². The van der Waals surface area contributed by atoms with Crippen molar-refractivity contribution in [2.75, 3.05) is 13.4 Å². The lowest BCUT2D eigenvalue weighted by Crippen LogP contribution is -2.00. The second-order valence-electron chi connectivity index (χ2n) is 3.20. The van der Waals surface area contributed by atoms with Crippen LogP contribution in [0.25, 0.3) is 0 Å². The molecule has 0 aromatic heterocycles. The summed E-state index contributed by atoms with van der Waals surface area (Å²) in [6.07, 6.45) is 4.86. The van der Waals surface area contributed by atoms with Crippen LogP contribution < -0.4 is 0 Å². The minimum atomic E-state index is 0.264. The fraction of sp³-hybridized carbons (Fsp3) is 0.308. The standard InChI is InChI=1S/C13H16O3/c14-9-5-2-6-10-15-12-16-11-13-7-3-1-4-8-13/h1-4,6-9H,5,10-12H2. The van der Waals surface area contributed by atoms with Crippen LogP contribution in [0.4, 0.5) is 0 Å². The Morgan fingerprint density at radius 3 is 2.62 bits per heavy atom. The smallest absolute Gasteiger partial charge is 0.147 e. The van der Waals surface area contributed by atoms with Crippen molar-refractivity contribution in [3.8, 4) is 0 Å². The summed E-state index contributed by atoms with van der Waals surface area (Å²) in [6.45, 7) is 1.29. The van der Waals surface area contributed by atoms with Gasteiger partial charge in [0, 0.05) is 6.42 Å². The third kappa shape index (κ3) is 6.11. The van der Waals surface area contributed by atoms with E-state index in [0.717, 1.165) is 11.8 Å². The second kappa shape index (κ2) is 8.83. The number of carbonyl (C=O) groups excluding carboxylic acids is 1. The first-order valence-electron chi connectivity index (χ1n) is 5.21. The molecule has 0 aliphatic rings. The van der Waals surface area contributed by atoms with Crippen molar-refractivity contribution in [1.82, 2.24) is 0 Å². The third-order valence-electron chi connectivity index (χ3n) is 1.89. The predicted octanol–water partition coefficient (Wildman–Crippen LogP) is 2.32. The molecule has 0 saturated heterocycles. The molecule has 0 radical (unpaired) electrons. The van der Waals surface area contributed by atoms with E-state index in [4.69, 9.17) is 9.47 Å². The molecule has 0 saturated carbocycles. The first-order chi connectivity index (χ1) is 7.93. The van der Waals surface area contributed by atoms with E-state index in [2.05, 4.69) is 0 Å². The third-order valence-corrected chi connectivity index (χ3v) is 1.89. The number of carbonyl (C=O) groups is 1. The monoisotopic (exact) mass is 220 g/mol. The van der Waals surface area contributed by atoms with E-state index in [1.54, 1.807) is 12.2 Å². The number of hydrogen-bond acceptors (Lipinski definition) is 3. The molecular weight excluding hydrogens is 204 g/mol. The summed E-state index contributed by atoms with van der Waals surface area (Å²) in [5.41, 5.74) is 1.13. The fourth-order valence-corrected chi connectivity index (χ4v) is 1.13. The zero-order valence-corrected chi connectivity index (χ0v) is 9.17. The Labute approximate surface area is 95.7 Å². The number of ether oxygens (including phenoxy) is 2. The number of allylic oxidation sites excluding steroid dienone is 1. The molecule has 0 spiro atoms. The highest BCUT2D eigenvalue weighted by Gasteiger charge is 1.90. The molecule has 86 valence electrons. The number of rotatable bonds is 8. The second-order valence-corrected chi connectivity index (χ2v) is 3.20. The van der Waals surface area contributed by atoms with Crippen molar-refractivity contribution >= 4 is 6.29 Å². The Morgan fingerprint density at radius 1 is 1.06 bits per heavy atom. The summed E-state index contributed by atoms with van der Waals surface area (Å²) < 4.78 is 10.5. The average Bonchev–Trinajstić information content (AvgIpc) is 2.34. The van der Waals surface area contributed by atoms with Crippen LogP contribution in [-0.2, 0) is 20.9 Å². The lowest BCUT2D eigenvalue weighted by molar-refractivity contribution is -0.107. The van der Waals surface area contributed by atoms with Gasteiger partial charge < -0.3 is 14.3 Å². The summed E-state index contributed by atoms with van der Waals surface area (Å²) in [7, 11) is 0. The molecule has 3 heteroatoms. The predicted molar refractivity (Wildman–Crippen MR) is 61.9 cm³/mol. The SMILES string of the molecule is O=CCC=CCOCOCc1ccccc1. The molecular formula is C13H16O3. The molecule has 1 rings (SSSR count). The molecule has 1 aromatic rings. The summed E-state index contributed by atoms with van der Waals surface area (Å²) in [5.74, 6) is 0. The number of aldehydes is 1. The zero-order chi connectivity index (χ0) is 11.5. The van der Waals surface area contributed by atoms with Crippen LogP contribution in [0.5, 0.6) is 0 Å². The highest BCUT2D eigenvalue weighted by Crippen LogP contribution is 2.00. The van der Waals surface area contributed by atoms with E-state index < -0.39 is 0 Å². The van der Waals surface area contributed by atoms with Gasteiger partial charge in [-0.3, -0.25) is 0 Å². The van der Waals surface area contributed by atoms with E-state index >= 15 is 0 Å². The van der Waals surface area contributed by atoms with Gasteiger partial charge in [-0.15, -0.1) is 0 Å². The van der Waals surface area contributed by atoms with Gasteiger partial charge >= 0.3 is 0 Å². The van der Waals surface area contributed by atoms with E-state index in [9.17, 15) is 4.79 Å². The van der Waals surface area contributed by atoms with Crippen molar-refractivity contribution in [3.05, 3.63) is 48.0 Å². The minimum absolute atomic E-state index is 0.264. The Kier molecular flexibility index (Phi) is 6.96. The number of hydrogen-bond donors (Lipinski definition) is 0. The minimum Gasteiger partial charge on any atom is -0.351 e. The average molecular weight is 220 g/mol. The molecule has 0 aliphatic carbocycles. The summed E-state index contributed by atoms with van der Waals surface area (Å²) in [4.78, 5) is 9.98. The van der Waals surface area contributed by atoms with Gasteiger partial charge in [0.15, 0.2) is 0 Å². The summed E-state index contributed by atoms with van der Waals surface area (Å²) in [5, 5.41) is 0. The summed E-state index contributed by atoms with van der Waals surface area (Å²) in [6, 6.07) is 9.93. The first-order valence-corrected chi connectivity index (χ1v) is 5.21. The van der Waals surface area contributed by atoms with Crippen molar-refractivity contribution in [1.29, 1.82) is 0 Å². The molecule has 0 aliphatic heterocycles. The van der Waals surface area contributed by atoms with Crippen molar-refractivity contribution in [2.24, 2.45) is 0 Å². The lowest BCUT2D eigenvalue weighted by atomic mass is 10.2. The van der Waals surface area contributed by atoms with Gasteiger partial charge in [-0.1, -0.05) is 42.5 Å². The van der Waals surface area contributed by atoms with E-state index in [0.29, 0.717) is 19.6 Å². The quantitative estimate of drug-likeness (QED) is 0.292. The maximum atomic E-state index is 9.98. The van der Waals surface area contributed by atoms with Crippen LogP contribution in [0.3, 0.4) is 0 Å². The van der Waals surface area contributed by atoms with Crippen LogP contribution >= 0.6 is 0 Å². The molecule has 3 nitrogen and oxygen atoms in total. The lowest BCUT2D eigenvalue weighted by Gasteiger charge is -2.03. The zero-order valence-electron chi connectivity index (χ0n) is 9.17. The van der Waals surface area contributed by atoms with Gasteiger partial charge in [0.05, 0.1) is 13.2 Å². The molecule has 1 aromatic carbocycles. The maximum Gasteiger partial charge on any atom is 0.147 e. The van der Waals surface area contributed by atoms with Crippen LogP contribution in [-0.4, -0.2) is 19.7 Å². The van der Waals surface area contributed by atoms with Gasteiger partial charge in [0.25, 0.3) is 0 Å². The maximum absolute atomic E-state index is 9.98. The van der Waals surface area contributed by atoms with Gasteiger partial charge in [-0.25, -0.2) is 0 Å². The normalized spacial score (nSPS) is 10.8. The van der Waals surface area contributed by atoms with E-state index in [-0.39, 0.29) is 6.79 Å². The first kappa shape index (κ1) is 12.6. The fourth-order valence-electron chi connectivity index (χ4n) is 1.13. The van der Waals surface area contributed by atoms with Gasteiger partial charge in [0.2, 0.25) is 0 Å². The molecule has 0 amide bonds. The molecule has 0 unspecified atom stereocenters. The molecule has 0 fully saturated rings. The molecule has 0 bridgehead atoms. The Morgan fingerprint density at radius 2 is 1.88 bits per heavy atom. The van der Waals surface area contributed by atoms with Crippen molar-refractivity contribution in [3.63, 3.8) is 0 Å². The Balaban J connectivity index is 1.98. The van der Waals surface area contributed by atoms with Crippen molar-refractivity contribution in [2.45, 2.75) is 13.0 Å². The Hall–Kier alpha value is -1.45. The molecule has 0 heterocycles. The molecule has 0 atom stereocenters. The van der Waals surface area contributed by atoms with E-state index in [1.807, 2.05) is 30.3 Å². The highest BCUT2D eigenvalue weighted by molar-refractivity contribution is 5.51. The largest absolute Gasteiger partial charge is 0.351 e.